The maximum atomic E-state index is 13.7. The minimum atomic E-state index is -0.331. The SMILES string of the molecule is Cc1ccc(OC([Si])[C@@H]2CCN2C)cc1C(=O)NC1(c2cc(C3CCCC3)cc3ncccc23)CC1. The van der Waals surface area contributed by atoms with Crippen LogP contribution in [-0.4, -0.2) is 51.4 Å². The van der Waals surface area contributed by atoms with Gasteiger partial charge in [0, 0.05) is 23.2 Å². The second-order valence-electron chi connectivity index (χ2n) is 11.0. The molecule has 1 aliphatic heterocycles. The number of nitrogens with one attached hydrogen (secondary N) is 1. The van der Waals surface area contributed by atoms with E-state index in [9.17, 15) is 4.79 Å². The number of fused-ring (bicyclic) bond motifs is 1. The standard InChI is InChI=1S/C30H34N3O2Si/c1-19-9-10-22(35-29(36)27-11-15-33(27)2)18-24(19)28(34)32-30(12-13-30)25-16-21(20-6-3-4-7-20)17-26-23(25)8-5-14-31-26/h5,8-10,14,16-18,20,27,29H,3-4,6-7,11-13,15H2,1-2H3,(H,32,34)/t27-,29?/m0/s1. The molecule has 1 unspecified atom stereocenters. The van der Waals surface area contributed by atoms with Gasteiger partial charge in [-0.1, -0.05) is 31.0 Å². The van der Waals surface area contributed by atoms with Crippen LogP contribution >= 0.6 is 0 Å². The molecule has 0 spiro atoms. The highest BCUT2D eigenvalue weighted by Crippen LogP contribution is 2.49. The molecule has 36 heavy (non-hydrogen) atoms. The number of aromatic nitrogens is 1. The normalized spacial score (nSPS) is 22.2. The van der Waals surface area contributed by atoms with E-state index in [2.05, 4.69) is 45.7 Å². The van der Waals surface area contributed by atoms with Crippen LogP contribution in [0, 0.1) is 6.92 Å². The topological polar surface area (TPSA) is 54.5 Å². The Balaban J connectivity index is 1.28. The highest BCUT2D eigenvalue weighted by atomic mass is 28.1. The Morgan fingerprint density at radius 3 is 2.67 bits per heavy atom. The van der Waals surface area contributed by atoms with Crippen molar-refractivity contribution in [2.45, 2.75) is 75.1 Å². The van der Waals surface area contributed by atoms with Crippen LogP contribution in [0.1, 0.15) is 77.9 Å². The van der Waals surface area contributed by atoms with Gasteiger partial charge in [-0.15, -0.1) is 0 Å². The molecule has 2 aromatic carbocycles. The Bertz CT molecular complexity index is 1300. The molecular weight excluding hydrogens is 462 g/mol. The number of hydrogen-bond donors (Lipinski definition) is 1. The van der Waals surface area contributed by atoms with E-state index in [4.69, 9.17) is 9.72 Å². The third-order valence-corrected chi connectivity index (χ3v) is 9.10. The third-order valence-electron chi connectivity index (χ3n) is 8.60. The summed E-state index contributed by atoms with van der Waals surface area (Å²) in [5.41, 5.74) is 4.83. The van der Waals surface area contributed by atoms with Crippen LogP contribution in [0.2, 0.25) is 0 Å². The fourth-order valence-electron chi connectivity index (χ4n) is 6.03. The molecule has 1 saturated heterocycles. The number of carbonyl (C=O) groups is 1. The first-order valence-corrected chi connectivity index (χ1v) is 13.9. The Hall–Kier alpha value is -2.70. The lowest BCUT2D eigenvalue weighted by molar-refractivity contribution is 0.0562. The first-order valence-electron chi connectivity index (χ1n) is 13.3. The van der Waals surface area contributed by atoms with Crippen LogP contribution in [0.15, 0.2) is 48.7 Å². The smallest absolute Gasteiger partial charge is 0.252 e. The van der Waals surface area contributed by atoms with E-state index in [1.807, 2.05) is 37.4 Å². The molecule has 3 fully saturated rings. The Labute approximate surface area is 217 Å². The van der Waals surface area contributed by atoms with E-state index in [1.54, 1.807) is 0 Å². The average molecular weight is 497 g/mol. The molecule has 3 aromatic rings. The van der Waals surface area contributed by atoms with Crippen LogP contribution < -0.4 is 10.1 Å². The van der Waals surface area contributed by atoms with E-state index in [1.165, 1.54) is 36.8 Å². The average Bonchev–Trinajstić information content (AvgIpc) is 3.42. The Kier molecular flexibility index (Phi) is 6.12. The van der Waals surface area contributed by atoms with Crippen molar-refractivity contribution in [3.63, 3.8) is 0 Å². The van der Waals surface area contributed by atoms with Crippen molar-refractivity contribution in [2.24, 2.45) is 0 Å². The van der Waals surface area contributed by atoms with Crippen molar-refractivity contribution >= 4 is 27.1 Å². The van der Waals surface area contributed by atoms with Gasteiger partial charge in [0.15, 0.2) is 0 Å². The third kappa shape index (κ3) is 4.35. The lowest BCUT2D eigenvalue weighted by Gasteiger charge is -2.41. The lowest BCUT2D eigenvalue weighted by atomic mass is 9.90. The number of benzene rings is 2. The van der Waals surface area contributed by atoms with Crippen molar-refractivity contribution in [1.82, 2.24) is 15.2 Å². The summed E-state index contributed by atoms with van der Waals surface area (Å²) in [5.74, 6) is 1.28. The first kappa shape index (κ1) is 23.7. The molecule has 3 radical (unpaired) electrons. The van der Waals surface area contributed by atoms with Gasteiger partial charge in [-0.3, -0.25) is 9.78 Å². The quantitative estimate of drug-likeness (QED) is 0.457. The number of likely N-dealkylation sites (N-methyl/N-ethyl adjacent to an activating group) is 1. The van der Waals surface area contributed by atoms with Crippen LogP contribution in [-0.2, 0) is 5.54 Å². The van der Waals surface area contributed by atoms with Crippen LogP contribution in [0.3, 0.4) is 0 Å². The summed E-state index contributed by atoms with van der Waals surface area (Å²) in [7, 11) is 5.85. The fourth-order valence-corrected chi connectivity index (χ4v) is 6.59. The van der Waals surface area contributed by atoms with Crippen molar-refractivity contribution in [3.8, 4) is 5.75 Å². The zero-order chi connectivity index (χ0) is 24.9. The number of aryl methyl sites for hydroxylation is 1. The van der Waals surface area contributed by atoms with E-state index >= 15 is 0 Å². The Morgan fingerprint density at radius 2 is 1.97 bits per heavy atom. The Morgan fingerprint density at radius 1 is 1.17 bits per heavy atom. The van der Waals surface area contributed by atoms with Gasteiger partial charge < -0.3 is 15.0 Å². The molecule has 1 amide bonds. The molecule has 2 heterocycles. The molecule has 6 rings (SSSR count). The summed E-state index contributed by atoms with van der Waals surface area (Å²) >= 11 is 0. The van der Waals surface area contributed by atoms with Gasteiger partial charge in [0.1, 0.15) is 5.75 Å². The molecule has 0 bridgehead atoms. The number of nitrogens with zero attached hydrogens (tertiary/aromatic N) is 2. The molecule has 2 aliphatic carbocycles. The number of pyridine rings is 1. The largest absolute Gasteiger partial charge is 0.493 e. The summed E-state index contributed by atoms with van der Waals surface area (Å²) in [4.78, 5) is 20.6. The maximum absolute atomic E-state index is 13.7. The number of likely N-dealkylation sites (tertiary alicyclic amines) is 1. The molecule has 5 nitrogen and oxygen atoms in total. The van der Waals surface area contributed by atoms with Crippen molar-refractivity contribution in [1.29, 1.82) is 0 Å². The molecule has 1 N–H and O–H groups in total. The predicted octanol–water partition coefficient (Wildman–Crippen LogP) is 5.20. The number of amides is 1. The monoisotopic (exact) mass is 496 g/mol. The second kappa shape index (κ2) is 9.31. The van der Waals surface area contributed by atoms with E-state index < -0.39 is 0 Å². The van der Waals surface area contributed by atoms with Crippen LogP contribution in [0.5, 0.6) is 5.75 Å². The molecule has 6 heteroatoms. The van der Waals surface area contributed by atoms with E-state index in [0.717, 1.165) is 42.3 Å². The van der Waals surface area contributed by atoms with Gasteiger partial charge in [0.05, 0.1) is 27.0 Å². The number of carbonyl (C=O) groups excluding carboxylic acids is 1. The van der Waals surface area contributed by atoms with Crippen LogP contribution in [0.4, 0.5) is 0 Å². The maximum Gasteiger partial charge on any atom is 0.252 e. The summed E-state index contributed by atoms with van der Waals surface area (Å²) in [5, 5.41) is 4.59. The predicted molar refractivity (Wildman–Crippen MR) is 144 cm³/mol. The van der Waals surface area contributed by atoms with Gasteiger partial charge in [-0.25, -0.2) is 0 Å². The van der Waals surface area contributed by atoms with Gasteiger partial charge >= 0.3 is 0 Å². The first-order chi connectivity index (χ1) is 17.4. The molecule has 3 aliphatic rings. The number of ether oxygens (including phenoxy) is 1. The van der Waals surface area contributed by atoms with E-state index in [0.29, 0.717) is 23.3 Å². The number of hydrogen-bond acceptors (Lipinski definition) is 4. The molecule has 185 valence electrons. The number of rotatable bonds is 7. The molecule has 2 saturated carbocycles. The van der Waals surface area contributed by atoms with E-state index in [-0.39, 0.29) is 17.2 Å². The van der Waals surface area contributed by atoms with Crippen LogP contribution in [0.25, 0.3) is 10.9 Å². The van der Waals surface area contributed by atoms with Crippen molar-refractivity contribution < 1.29 is 9.53 Å². The minimum absolute atomic E-state index is 0.0370. The van der Waals surface area contributed by atoms with Gasteiger partial charge in [0.25, 0.3) is 5.91 Å². The summed E-state index contributed by atoms with van der Waals surface area (Å²) < 4.78 is 6.18. The highest BCUT2D eigenvalue weighted by Gasteiger charge is 2.47. The summed E-state index contributed by atoms with van der Waals surface area (Å²) in [6.45, 7) is 3.08. The van der Waals surface area contributed by atoms with Gasteiger partial charge in [-0.2, -0.15) is 0 Å². The molecular formula is C30H34N3O2Si. The molecule has 1 aromatic heterocycles. The van der Waals surface area contributed by atoms with Gasteiger partial charge in [-0.05, 0) is 99.5 Å². The molecule has 2 atom stereocenters. The summed E-state index contributed by atoms with van der Waals surface area (Å²) in [6, 6.07) is 15.0. The fraction of sp³-hybridized carbons (Fsp3) is 0.467. The van der Waals surface area contributed by atoms with Crippen molar-refractivity contribution in [3.05, 3.63) is 70.9 Å². The lowest BCUT2D eigenvalue weighted by Crippen LogP contribution is -2.53. The highest BCUT2D eigenvalue weighted by molar-refractivity contribution is 6.11. The second-order valence-corrected chi connectivity index (χ2v) is 11.6. The van der Waals surface area contributed by atoms with Crippen molar-refractivity contribution in [2.75, 3.05) is 13.6 Å². The minimum Gasteiger partial charge on any atom is -0.493 e. The summed E-state index contributed by atoms with van der Waals surface area (Å²) in [6.07, 6.45) is 9.96. The van der Waals surface area contributed by atoms with Gasteiger partial charge in [0.2, 0.25) is 0 Å². The zero-order valence-corrected chi connectivity index (χ0v) is 22.2. The zero-order valence-electron chi connectivity index (χ0n) is 21.2.